The zero-order valence-electron chi connectivity index (χ0n) is 8.38. The zero-order chi connectivity index (χ0) is 9.80. The van der Waals surface area contributed by atoms with Crippen molar-refractivity contribution in [2.75, 3.05) is 13.1 Å². The van der Waals surface area contributed by atoms with Crippen molar-refractivity contribution in [3.05, 3.63) is 35.4 Å². The fraction of sp³-hybridized carbons (Fsp3) is 0.364. The summed E-state index contributed by atoms with van der Waals surface area (Å²) in [5, 5.41) is 6.46. The van der Waals surface area contributed by atoms with Gasteiger partial charge in [-0.1, -0.05) is 24.3 Å². The van der Waals surface area contributed by atoms with E-state index in [1.807, 2.05) is 0 Å². The molecule has 0 aromatic heterocycles. The maximum atomic E-state index is 4.27. The van der Waals surface area contributed by atoms with Gasteiger partial charge in [0.2, 0.25) is 0 Å². The quantitative estimate of drug-likeness (QED) is 0.729. The molecular formula is C11H15N3. The third-order valence-corrected chi connectivity index (χ3v) is 2.38. The summed E-state index contributed by atoms with van der Waals surface area (Å²) in [7, 11) is 0. The molecule has 14 heavy (non-hydrogen) atoms. The number of guanidine groups is 1. The number of hydrogen-bond donors (Lipinski definition) is 2. The third-order valence-electron chi connectivity index (χ3n) is 2.38. The van der Waals surface area contributed by atoms with Gasteiger partial charge in [0, 0.05) is 13.1 Å². The number of aryl methyl sites for hydroxylation is 1. The fourth-order valence-corrected chi connectivity index (χ4v) is 1.50. The summed E-state index contributed by atoms with van der Waals surface area (Å²) in [5.74, 6) is 0.924. The van der Waals surface area contributed by atoms with E-state index in [1.165, 1.54) is 11.1 Å². The Balaban J connectivity index is 1.94. The average Bonchev–Trinajstić information content (AvgIpc) is 2.69. The highest BCUT2D eigenvalue weighted by atomic mass is 15.2. The Morgan fingerprint density at radius 3 is 3.00 bits per heavy atom. The van der Waals surface area contributed by atoms with Crippen LogP contribution in [0.5, 0.6) is 0 Å². The Kier molecular flexibility index (Phi) is 2.68. The minimum absolute atomic E-state index is 0.846. The van der Waals surface area contributed by atoms with Gasteiger partial charge in [-0.2, -0.15) is 0 Å². The van der Waals surface area contributed by atoms with E-state index in [9.17, 15) is 0 Å². The Bertz CT molecular complexity index is 344. The highest BCUT2D eigenvalue weighted by Crippen LogP contribution is 2.05. The number of benzene rings is 1. The van der Waals surface area contributed by atoms with E-state index in [4.69, 9.17) is 0 Å². The SMILES string of the molecule is Cc1ccccc1CNC1=NCCN1. The van der Waals surface area contributed by atoms with E-state index in [0.29, 0.717) is 0 Å². The molecule has 0 bridgehead atoms. The lowest BCUT2D eigenvalue weighted by Gasteiger charge is -2.08. The Morgan fingerprint density at radius 2 is 2.29 bits per heavy atom. The first-order valence-electron chi connectivity index (χ1n) is 4.93. The average molecular weight is 189 g/mol. The van der Waals surface area contributed by atoms with Crippen LogP contribution in [0.25, 0.3) is 0 Å². The summed E-state index contributed by atoms with van der Waals surface area (Å²) in [6.07, 6.45) is 0. The molecule has 74 valence electrons. The fourth-order valence-electron chi connectivity index (χ4n) is 1.50. The molecule has 2 N–H and O–H groups in total. The molecule has 0 spiro atoms. The number of hydrogen-bond acceptors (Lipinski definition) is 3. The van der Waals surface area contributed by atoms with Gasteiger partial charge in [-0.15, -0.1) is 0 Å². The van der Waals surface area contributed by atoms with Gasteiger partial charge in [0.25, 0.3) is 0 Å². The van der Waals surface area contributed by atoms with Crippen molar-refractivity contribution < 1.29 is 0 Å². The molecule has 0 fully saturated rings. The molecule has 0 saturated heterocycles. The van der Waals surface area contributed by atoms with Gasteiger partial charge >= 0.3 is 0 Å². The summed E-state index contributed by atoms with van der Waals surface area (Å²) in [6.45, 7) is 4.81. The molecular weight excluding hydrogens is 174 g/mol. The van der Waals surface area contributed by atoms with Gasteiger partial charge in [-0.05, 0) is 18.1 Å². The first-order valence-corrected chi connectivity index (χ1v) is 4.93. The normalized spacial score (nSPS) is 14.8. The second-order valence-electron chi connectivity index (χ2n) is 3.44. The molecule has 1 aliphatic heterocycles. The lowest BCUT2D eigenvalue weighted by atomic mass is 10.1. The maximum Gasteiger partial charge on any atom is 0.191 e. The van der Waals surface area contributed by atoms with Gasteiger partial charge in [-0.25, -0.2) is 0 Å². The second-order valence-corrected chi connectivity index (χ2v) is 3.44. The molecule has 1 heterocycles. The number of aliphatic imine (C=N–C) groups is 1. The highest BCUT2D eigenvalue weighted by Gasteiger charge is 2.03. The van der Waals surface area contributed by atoms with Gasteiger partial charge < -0.3 is 10.6 Å². The van der Waals surface area contributed by atoms with Gasteiger partial charge in [-0.3, -0.25) is 4.99 Å². The molecule has 3 nitrogen and oxygen atoms in total. The van der Waals surface area contributed by atoms with Gasteiger partial charge in [0.05, 0.1) is 6.54 Å². The molecule has 0 amide bonds. The van der Waals surface area contributed by atoms with Crippen molar-refractivity contribution in [3.63, 3.8) is 0 Å². The predicted molar refractivity (Wildman–Crippen MR) is 58.3 cm³/mol. The minimum Gasteiger partial charge on any atom is -0.355 e. The van der Waals surface area contributed by atoms with E-state index in [0.717, 1.165) is 25.6 Å². The molecule has 2 rings (SSSR count). The maximum absolute atomic E-state index is 4.27. The summed E-state index contributed by atoms with van der Waals surface area (Å²) in [4.78, 5) is 4.27. The second kappa shape index (κ2) is 4.13. The van der Waals surface area contributed by atoms with Gasteiger partial charge in [0.1, 0.15) is 0 Å². The molecule has 1 aliphatic rings. The molecule has 1 aromatic carbocycles. The monoisotopic (exact) mass is 189 g/mol. The molecule has 0 radical (unpaired) electrons. The van der Waals surface area contributed by atoms with Crippen molar-refractivity contribution >= 4 is 5.96 Å². The lowest BCUT2D eigenvalue weighted by Crippen LogP contribution is -2.33. The zero-order valence-corrected chi connectivity index (χ0v) is 8.38. The molecule has 0 atom stereocenters. The van der Waals surface area contributed by atoms with Crippen LogP contribution in [-0.2, 0) is 6.54 Å². The van der Waals surface area contributed by atoms with Crippen LogP contribution >= 0.6 is 0 Å². The van der Waals surface area contributed by atoms with Crippen LogP contribution in [-0.4, -0.2) is 19.0 Å². The van der Waals surface area contributed by atoms with Crippen LogP contribution in [0.15, 0.2) is 29.3 Å². The van der Waals surface area contributed by atoms with Crippen LogP contribution in [0.4, 0.5) is 0 Å². The predicted octanol–water partition coefficient (Wildman–Crippen LogP) is 1.04. The molecule has 0 saturated carbocycles. The molecule has 0 unspecified atom stereocenters. The Labute approximate surface area is 84.2 Å². The van der Waals surface area contributed by atoms with Crippen LogP contribution in [0.2, 0.25) is 0 Å². The van der Waals surface area contributed by atoms with Crippen molar-refractivity contribution in [3.8, 4) is 0 Å². The topological polar surface area (TPSA) is 36.4 Å². The largest absolute Gasteiger partial charge is 0.355 e. The molecule has 3 heteroatoms. The standard InChI is InChI=1S/C11H15N3/c1-9-4-2-3-5-10(9)8-14-11-12-6-7-13-11/h2-5H,6-8H2,1H3,(H2,12,13,14). The third kappa shape index (κ3) is 2.05. The summed E-state index contributed by atoms with van der Waals surface area (Å²) in [6, 6.07) is 8.39. The lowest BCUT2D eigenvalue weighted by molar-refractivity contribution is 0.861. The Hall–Kier alpha value is -1.51. The smallest absolute Gasteiger partial charge is 0.191 e. The van der Waals surface area contributed by atoms with Crippen LogP contribution in [0.3, 0.4) is 0 Å². The van der Waals surface area contributed by atoms with E-state index >= 15 is 0 Å². The number of nitrogens with one attached hydrogen (secondary N) is 2. The van der Waals surface area contributed by atoms with E-state index in [-0.39, 0.29) is 0 Å². The van der Waals surface area contributed by atoms with Crippen molar-refractivity contribution in [2.24, 2.45) is 4.99 Å². The van der Waals surface area contributed by atoms with Crippen LogP contribution in [0, 0.1) is 6.92 Å². The first-order chi connectivity index (χ1) is 6.86. The van der Waals surface area contributed by atoms with Crippen molar-refractivity contribution in [2.45, 2.75) is 13.5 Å². The summed E-state index contributed by atoms with van der Waals surface area (Å²) in [5.41, 5.74) is 2.64. The van der Waals surface area contributed by atoms with Crippen molar-refractivity contribution in [1.82, 2.24) is 10.6 Å². The van der Waals surface area contributed by atoms with Crippen molar-refractivity contribution in [1.29, 1.82) is 0 Å². The first kappa shape index (κ1) is 9.06. The summed E-state index contributed by atoms with van der Waals surface area (Å²) < 4.78 is 0. The minimum atomic E-state index is 0.846. The molecule has 0 aliphatic carbocycles. The number of rotatable bonds is 2. The Morgan fingerprint density at radius 1 is 1.43 bits per heavy atom. The molecule has 1 aromatic rings. The van der Waals surface area contributed by atoms with E-state index in [2.05, 4.69) is 46.8 Å². The van der Waals surface area contributed by atoms with Gasteiger partial charge in [0.15, 0.2) is 5.96 Å². The number of nitrogens with zero attached hydrogens (tertiary/aromatic N) is 1. The van der Waals surface area contributed by atoms with E-state index < -0.39 is 0 Å². The van der Waals surface area contributed by atoms with E-state index in [1.54, 1.807) is 0 Å². The highest BCUT2D eigenvalue weighted by molar-refractivity contribution is 5.81. The van der Waals surface area contributed by atoms with Crippen LogP contribution in [0.1, 0.15) is 11.1 Å². The van der Waals surface area contributed by atoms with Crippen LogP contribution < -0.4 is 10.6 Å². The summed E-state index contributed by atoms with van der Waals surface area (Å²) >= 11 is 0.